The number of hydrogen-bond donors (Lipinski definition) is 1. The molecule has 1 atom stereocenters. The molecule has 2 heterocycles. The van der Waals surface area contributed by atoms with Gasteiger partial charge < -0.3 is 9.72 Å². The Bertz CT molecular complexity index is 714. The van der Waals surface area contributed by atoms with E-state index in [2.05, 4.69) is 4.98 Å². The second-order valence-corrected chi connectivity index (χ2v) is 5.60. The summed E-state index contributed by atoms with van der Waals surface area (Å²) in [6.45, 7) is 1.45. The molecule has 1 saturated heterocycles. The van der Waals surface area contributed by atoms with Gasteiger partial charge in [-0.05, 0) is 50.0 Å². The van der Waals surface area contributed by atoms with Gasteiger partial charge in [0, 0.05) is 13.2 Å². The summed E-state index contributed by atoms with van der Waals surface area (Å²) >= 11 is 5.30. The number of nitrogens with zero attached hydrogens (tertiary/aromatic N) is 1. The van der Waals surface area contributed by atoms with E-state index in [4.69, 9.17) is 17.0 Å². The maximum atomic E-state index is 12.5. The van der Waals surface area contributed by atoms with Gasteiger partial charge in [0.25, 0.3) is 5.56 Å². The molecule has 0 bridgehead atoms. The third kappa shape index (κ3) is 2.69. The predicted molar refractivity (Wildman–Crippen MR) is 81.6 cm³/mol. The van der Waals surface area contributed by atoms with Crippen molar-refractivity contribution in [3.63, 3.8) is 0 Å². The zero-order chi connectivity index (χ0) is 13.9. The summed E-state index contributed by atoms with van der Waals surface area (Å²) in [5, 5.41) is 0.686. The first kappa shape index (κ1) is 13.5. The van der Waals surface area contributed by atoms with Gasteiger partial charge in [0.2, 0.25) is 0 Å². The van der Waals surface area contributed by atoms with Crippen LogP contribution in [0.1, 0.15) is 25.7 Å². The van der Waals surface area contributed by atoms with Crippen molar-refractivity contribution < 1.29 is 4.74 Å². The summed E-state index contributed by atoms with van der Waals surface area (Å²) in [5.41, 5.74) is 0.785. The molecule has 106 valence electrons. The van der Waals surface area contributed by atoms with Crippen LogP contribution >= 0.6 is 12.2 Å². The molecule has 5 heteroatoms. The number of aromatic nitrogens is 2. The Kier molecular flexibility index (Phi) is 3.98. The Hall–Kier alpha value is -1.46. The van der Waals surface area contributed by atoms with Crippen LogP contribution < -0.4 is 5.56 Å². The molecule has 0 saturated carbocycles. The van der Waals surface area contributed by atoms with Crippen molar-refractivity contribution in [2.45, 2.75) is 38.3 Å². The number of aromatic amines is 1. The predicted octanol–water partition coefficient (Wildman–Crippen LogP) is 3.02. The number of hydrogen-bond acceptors (Lipinski definition) is 3. The zero-order valence-electron chi connectivity index (χ0n) is 11.3. The Balaban J connectivity index is 1.87. The first-order valence-electron chi connectivity index (χ1n) is 7.09. The lowest BCUT2D eigenvalue weighted by Gasteiger charge is -2.22. The Labute approximate surface area is 122 Å². The Morgan fingerprint density at radius 3 is 3.00 bits per heavy atom. The molecule has 1 fully saturated rings. The van der Waals surface area contributed by atoms with Crippen molar-refractivity contribution in [3.8, 4) is 0 Å². The van der Waals surface area contributed by atoms with Crippen molar-refractivity contribution in [1.82, 2.24) is 9.55 Å². The fourth-order valence-electron chi connectivity index (χ4n) is 2.71. The standard InChI is InChI=1S/C15H18N2O2S/c18-14-12-6-1-2-7-13(12)16-15(20)17(14)9-8-11-5-3-4-10-19-11/h1-2,6-7,11H,3-5,8-10H2,(H,16,20). The van der Waals surface area contributed by atoms with Crippen molar-refractivity contribution in [3.05, 3.63) is 39.4 Å². The Morgan fingerprint density at radius 1 is 1.35 bits per heavy atom. The molecular weight excluding hydrogens is 272 g/mol. The molecule has 0 spiro atoms. The van der Waals surface area contributed by atoms with Crippen LogP contribution in [0.5, 0.6) is 0 Å². The molecule has 20 heavy (non-hydrogen) atoms. The minimum Gasteiger partial charge on any atom is -0.378 e. The lowest BCUT2D eigenvalue weighted by Crippen LogP contribution is -2.26. The van der Waals surface area contributed by atoms with Crippen LogP contribution in [-0.2, 0) is 11.3 Å². The molecule has 4 nitrogen and oxygen atoms in total. The molecule has 0 radical (unpaired) electrons. The number of ether oxygens (including phenoxy) is 1. The van der Waals surface area contributed by atoms with E-state index in [1.165, 1.54) is 6.42 Å². The molecule has 1 unspecified atom stereocenters. The van der Waals surface area contributed by atoms with E-state index >= 15 is 0 Å². The summed E-state index contributed by atoms with van der Waals surface area (Å²) < 4.78 is 7.85. The molecule has 2 aromatic rings. The fraction of sp³-hybridized carbons (Fsp3) is 0.467. The first-order valence-corrected chi connectivity index (χ1v) is 7.50. The summed E-state index contributed by atoms with van der Waals surface area (Å²) in [6.07, 6.45) is 4.54. The monoisotopic (exact) mass is 290 g/mol. The smallest absolute Gasteiger partial charge is 0.262 e. The van der Waals surface area contributed by atoms with Crippen LogP contribution in [-0.4, -0.2) is 22.3 Å². The van der Waals surface area contributed by atoms with Crippen molar-refractivity contribution >= 4 is 23.1 Å². The molecule has 1 aromatic carbocycles. The molecule has 1 aromatic heterocycles. The highest BCUT2D eigenvalue weighted by atomic mass is 32.1. The summed E-state index contributed by atoms with van der Waals surface area (Å²) in [7, 11) is 0. The third-order valence-electron chi connectivity index (χ3n) is 3.84. The number of nitrogens with one attached hydrogen (secondary N) is 1. The van der Waals surface area contributed by atoms with Gasteiger partial charge in [0.1, 0.15) is 0 Å². The highest BCUT2D eigenvalue weighted by Gasteiger charge is 2.14. The van der Waals surface area contributed by atoms with Crippen LogP contribution in [0.15, 0.2) is 29.1 Å². The Morgan fingerprint density at radius 2 is 2.20 bits per heavy atom. The molecular formula is C15H18N2O2S. The summed E-state index contributed by atoms with van der Waals surface area (Å²) in [5.74, 6) is 0. The normalized spacial score (nSPS) is 19.3. The summed E-state index contributed by atoms with van der Waals surface area (Å²) in [6, 6.07) is 7.47. The van der Waals surface area contributed by atoms with Crippen molar-refractivity contribution in [2.75, 3.05) is 6.61 Å². The van der Waals surface area contributed by atoms with Crippen molar-refractivity contribution in [2.24, 2.45) is 0 Å². The van der Waals surface area contributed by atoms with E-state index in [9.17, 15) is 4.79 Å². The second-order valence-electron chi connectivity index (χ2n) is 5.21. The number of para-hydroxylation sites is 1. The van der Waals surface area contributed by atoms with Gasteiger partial charge in [-0.15, -0.1) is 0 Å². The zero-order valence-corrected chi connectivity index (χ0v) is 12.1. The van der Waals surface area contributed by atoms with Crippen LogP contribution in [0.3, 0.4) is 0 Å². The molecule has 1 N–H and O–H groups in total. The third-order valence-corrected chi connectivity index (χ3v) is 4.16. The molecule has 3 rings (SSSR count). The fourth-order valence-corrected chi connectivity index (χ4v) is 2.99. The highest BCUT2D eigenvalue weighted by Crippen LogP contribution is 2.16. The lowest BCUT2D eigenvalue weighted by atomic mass is 10.1. The van der Waals surface area contributed by atoms with E-state index in [1.54, 1.807) is 4.57 Å². The van der Waals surface area contributed by atoms with E-state index in [0.717, 1.165) is 31.4 Å². The number of fused-ring (bicyclic) bond motifs is 1. The largest absolute Gasteiger partial charge is 0.378 e. The van der Waals surface area contributed by atoms with E-state index in [1.807, 2.05) is 24.3 Å². The summed E-state index contributed by atoms with van der Waals surface area (Å²) in [4.78, 5) is 15.6. The van der Waals surface area contributed by atoms with Gasteiger partial charge in [-0.2, -0.15) is 0 Å². The maximum Gasteiger partial charge on any atom is 0.262 e. The van der Waals surface area contributed by atoms with Gasteiger partial charge >= 0.3 is 0 Å². The topological polar surface area (TPSA) is 47.0 Å². The number of rotatable bonds is 3. The average Bonchev–Trinajstić information content (AvgIpc) is 2.48. The van der Waals surface area contributed by atoms with E-state index in [0.29, 0.717) is 16.7 Å². The van der Waals surface area contributed by atoms with E-state index < -0.39 is 0 Å². The van der Waals surface area contributed by atoms with Gasteiger partial charge in [-0.1, -0.05) is 12.1 Å². The lowest BCUT2D eigenvalue weighted by molar-refractivity contribution is 0.00859. The quantitative estimate of drug-likeness (QED) is 0.884. The van der Waals surface area contributed by atoms with Gasteiger partial charge in [0.15, 0.2) is 4.77 Å². The minimum atomic E-state index is -0.0137. The van der Waals surface area contributed by atoms with Crippen LogP contribution in [0, 0.1) is 4.77 Å². The van der Waals surface area contributed by atoms with Gasteiger partial charge in [-0.25, -0.2) is 0 Å². The number of benzene rings is 1. The minimum absolute atomic E-state index is 0.0137. The van der Waals surface area contributed by atoms with Gasteiger partial charge in [-0.3, -0.25) is 9.36 Å². The van der Waals surface area contributed by atoms with Crippen LogP contribution in [0.4, 0.5) is 0 Å². The maximum absolute atomic E-state index is 12.5. The first-order chi connectivity index (χ1) is 9.75. The van der Waals surface area contributed by atoms with E-state index in [-0.39, 0.29) is 11.7 Å². The van der Waals surface area contributed by atoms with Crippen molar-refractivity contribution in [1.29, 1.82) is 0 Å². The number of H-pyrrole nitrogens is 1. The molecule has 0 amide bonds. The molecule has 0 aliphatic carbocycles. The van der Waals surface area contributed by atoms with Gasteiger partial charge in [0.05, 0.1) is 17.0 Å². The highest BCUT2D eigenvalue weighted by molar-refractivity contribution is 7.71. The molecule has 1 aliphatic rings. The van der Waals surface area contributed by atoms with Crippen LogP contribution in [0.25, 0.3) is 10.9 Å². The second kappa shape index (κ2) is 5.89. The van der Waals surface area contributed by atoms with Crippen LogP contribution in [0.2, 0.25) is 0 Å². The average molecular weight is 290 g/mol. The SMILES string of the molecule is O=c1c2ccccc2[nH]c(=S)n1CCC1CCCCO1. The molecule has 1 aliphatic heterocycles.